The van der Waals surface area contributed by atoms with E-state index in [1.54, 1.807) is 43.2 Å². The maximum atomic E-state index is 12.9. The molecule has 0 spiro atoms. The molecule has 1 N–H and O–H groups in total. The van der Waals surface area contributed by atoms with Gasteiger partial charge in [0.2, 0.25) is 0 Å². The number of ether oxygens (including phenoxy) is 2. The van der Waals surface area contributed by atoms with Crippen LogP contribution in [0.1, 0.15) is 0 Å². The summed E-state index contributed by atoms with van der Waals surface area (Å²) in [4.78, 5) is 20.6. The molecule has 2 heterocycles. The Kier molecular flexibility index (Phi) is 3.23. The molecule has 2 aromatic rings. The number of hydrogen-bond donors (Lipinski definition) is 1. The van der Waals surface area contributed by atoms with Crippen LogP contribution in [0.25, 0.3) is 28.1 Å². The fraction of sp³-hybridized carbons (Fsp3) is 0.111. The van der Waals surface area contributed by atoms with Gasteiger partial charge in [-0.25, -0.2) is 4.98 Å². The normalized spacial score (nSPS) is 11.1. The third-order valence-corrected chi connectivity index (χ3v) is 4.02. The molecule has 24 heavy (non-hydrogen) atoms. The highest BCUT2D eigenvalue weighted by Gasteiger charge is 2.19. The molecule has 2 aliphatic rings. The van der Waals surface area contributed by atoms with E-state index in [1.807, 2.05) is 24.3 Å². The number of aromatic amines is 1. The predicted molar refractivity (Wildman–Crippen MR) is 91.4 cm³/mol. The summed E-state index contributed by atoms with van der Waals surface area (Å²) in [6.07, 6.45) is 1.73. The van der Waals surface area contributed by atoms with E-state index in [1.165, 1.54) is 0 Å². The van der Waals surface area contributed by atoms with Crippen molar-refractivity contribution >= 4 is 11.0 Å². The molecule has 2 aliphatic heterocycles. The zero-order valence-corrected chi connectivity index (χ0v) is 13.2. The number of fused-ring (bicyclic) bond motifs is 3. The van der Waals surface area contributed by atoms with Crippen molar-refractivity contribution < 1.29 is 9.47 Å². The van der Waals surface area contributed by atoms with Crippen molar-refractivity contribution in [1.82, 2.24) is 14.5 Å². The number of imidazole rings is 1. The molecule has 0 aromatic heterocycles. The Hall–Kier alpha value is -3.28. The zero-order valence-electron chi connectivity index (χ0n) is 13.2. The zero-order chi connectivity index (χ0) is 16.7. The number of nitrogens with zero attached hydrogens (tertiary/aromatic N) is 2. The fourth-order valence-electron chi connectivity index (χ4n) is 2.86. The SMILES string of the molecule is COc1ccc(-c2nc3c[nH]c4ccccc4n-3c2=O)cc1OC. The molecule has 0 aliphatic carbocycles. The van der Waals surface area contributed by atoms with Gasteiger partial charge in [-0.05, 0) is 30.3 Å². The second-order valence-electron chi connectivity index (χ2n) is 5.33. The average molecular weight is 321 g/mol. The minimum Gasteiger partial charge on any atom is -0.493 e. The molecule has 120 valence electrons. The summed E-state index contributed by atoms with van der Waals surface area (Å²) in [6.45, 7) is 0. The van der Waals surface area contributed by atoms with Crippen LogP contribution in [-0.4, -0.2) is 28.8 Å². The number of H-pyrrole nitrogens is 1. The van der Waals surface area contributed by atoms with Gasteiger partial charge in [0, 0.05) is 11.8 Å². The van der Waals surface area contributed by atoms with Gasteiger partial charge in [-0.2, -0.15) is 0 Å². The molecular weight excluding hydrogens is 306 g/mol. The lowest BCUT2D eigenvalue weighted by atomic mass is 10.1. The minimum atomic E-state index is -0.164. The molecule has 0 unspecified atom stereocenters. The third-order valence-electron chi connectivity index (χ3n) is 4.02. The lowest BCUT2D eigenvalue weighted by molar-refractivity contribution is 0.355. The van der Waals surface area contributed by atoms with Crippen LogP contribution in [0.15, 0.2) is 53.5 Å². The van der Waals surface area contributed by atoms with Gasteiger partial charge in [-0.3, -0.25) is 9.36 Å². The van der Waals surface area contributed by atoms with E-state index in [2.05, 4.69) is 9.97 Å². The maximum absolute atomic E-state index is 12.9. The second-order valence-corrected chi connectivity index (χ2v) is 5.33. The number of nitrogens with one attached hydrogen (secondary N) is 1. The van der Waals surface area contributed by atoms with Gasteiger partial charge in [0.25, 0.3) is 5.56 Å². The van der Waals surface area contributed by atoms with Crippen LogP contribution in [0, 0.1) is 0 Å². The molecule has 2 aromatic carbocycles. The topological polar surface area (TPSA) is 69.1 Å². The van der Waals surface area contributed by atoms with Gasteiger partial charge >= 0.3 is 0 Å². The van der Waals surface area contributed by atoms with E-state index >= 15 is 0 Å². The average Bonchev–Trinajstić information content (AvgIpc) is 2.98. The molecule has 0 saturated carbocycles. The van der Waals surface area contributed by atoms with Gasteiger partial charge < -0.3 is 14.5 Å². The lowest BCUT2D eigenvalue weighted by Gasteiger charge is -2.07. The largest absolute Gasteiger partial charge is 0.493 e. The smallest absolute Gasteiger partial charge is 0.283 e. The first kappa shape index (κ1) is 14.3. The molecule has 0 saturated heterocycles. The van der Waals surface area contributed by atoms with E-state index in [4.69, 9.17) is 9.47 Å². The Bertz CT molecular complexity index is 1060. The highest BCUT2D eigenvalue weighted by atomic mass is 16.5. The van der Waals surface area contributed by atoms with Crippen LogP contribution in [0.2, 0.25) is 0 Å². The minimum absolute atomic E-state index is 0.164. The summed E-state index contributed by atoms with van der Waals surface area (Å²) in [6, 6.07) is 12.9. The first-order valence-electron chi connectivity index (χ1n) is 7.44. The van der Waals surface area contributed by atoms with Gasteiger partial charge in [-0.1, -0.05) is 12.1 Å². The van der Waals surface area contributed by atoms with E-state index in [9.17, 15) is 4.79 Å². The molecule has 0 fully saturated rings. The summed E-state index contributed by atoms with van der Waals surface area (Å²) < 4.78 is 12.2. The Morgan fingerprint density at radius 3 is 2.62 bits per heavy atom. The van der Waals surface area contributed by atoms with Crippen molar-refractivity contribution in [3.63, 3.8) is 0 Å². The number of methoxy groups -OCH3 is 2. The van der Waals surface area contributed by atoms with Gasteiger partial charge in [0.1, 0.15) is 5.69 Å². The second kappa shape index (κ2) is 5.42. The number of aromatic nitrogens is 3. The Labute approximate surface area is 137 Å². The van der Waals surface area contributed by atoms with Gasteiger partial charge in [0.15, 0.2) is 17.3 Å². The molecule has 6 nitrogen and oxygen atoms in total. The maximum Gasteiger partial charge on any atom is 0.283 e. The van der Waals surface area contributed by atoms with E-state index in [0.717, 1.165) is 11.0 Å². The molecule has 0 amide bonds. The Balaban J connectivity index is 1.99. The van der Waals surface area contributed by atoms with Crippen LogP contribution in [0.5, 0.6) is 11.5 Å². The van der Waals surface area contributed by atoms with E-state index in [0.29, 0.717) is 28.6 Å². The van der Waals surface area contributed by atoms with E-state index in [-0.39, 0.29) is 5.56 Å². The monoisotopic (exact) mass is 321 g/mol. The van der Waals surface area contributed by atoms with Crippen LogP contribution < -0.4 is 15.0 Å². The van der Waals surface area contributed by atoms with Crippen LogP contribution >= 0.6 is 0 Å². The molecule has 4 rings (SSSR count). The standard InChI is InChI=1S/C18H15N3O3/c1-23-14-8-7-11(9-15(14)24-2)17-18(22)21-13-6-4-3-5-12(13)19-10-16(21)20-17/h3-10,19H,1-2H3. The van der Waals surface area contributed by atoms with Crippen molar-refractivity contribution in [3.8, 4) is 28.6 Å². The molecule has 6 heteroatoms. The first-order chi connectivity index (χ1) is 11.7. The Morgan fingerprint density at radius 1 is 1.04 bits per heavy atom. The molecule has 0 atom stereocenters. The molecule has 0 radical (unpaired) electrons. The van der Waals surface area contributed by atoms with Crippen LogP contribution in [0.4, 0.5) is 0 Å². The first-order valence-corrected chi connectivity index (χ1v) is 7.44. The van der Waals surface area contributed by atoms with Crippen LogP contribution in [-0.2, 0) is 0 Å². The number of para-hydroxylation sites is 2. The third kappa shape index (κ3) is 2.04. The summed E-state index contributed by atoms with van der Waals surface area (Å²) in [5.41, 5.74) is 2.56. The van der Waals surface area contributed by atoms with Crippen molar-refractivity contribution in [3.05, 3.63) is 59.0 Å². The summed E-state index contributed by atoms with van der Waals surface area (Å²) >= 11 is 0. The van der Waals surface area contributed by atoms with Gasteiger partial charge in [-0.15, -0.1) is 0 Å². The highest BCUT2D eigenvalue weighted by Crippen LogP contribution is 2.31. The van der Waals surface area contributed by atoms with Crippen molar-refractivity contribution in [2.45, 2.75) is 0 Å². The van der Waals surface area contributed by atoms with E-state index < -0.39 is 0 Å². The highest BCUT2D eigenvalue weighted by molar-refractivity contribution is 5.78. The fourth-order valence-corrected chi connectivity index (χ4v) is 2.86. The van der Waals surface area contributed by atoms with Gasteiger partial charge in [0.05, 0.1) is 25.3 Å². The number of rotatable bonds is 3. The van der Waals surface area contributed by atoms with Crippen molar-refractivity contribution in [1.29, 1.82) is 0 Å². The predicted octanol–water partition coefficient (Wildman–Crippen LogP) is 2.84. The molecular formula is C18H15N3O3. The quantitative estimate of drug-likeness (QED) is 0.630. The Morgan fingerprint density at radius 2 is 1.83 bits per heavy atom. The summed E-state index contributed by atoms with van der Waals surface area (Å²) in [7, 11) is 3.13. The number of benzene rings is 2. The van der Waals surface area contributed by atoms with Crippen molar-refractivity contribution in [2.75, 3.05) is 14.2 Å². The number of hydrogen-bond acceptors (Lipinski definition) is 4. The molecule has 0 bridgehead atoms. The summed E-state index contributed by atoms with van der Waals surface area (Å²) in [5.74, 6) is 1.74. The van der Waals surface area contributed by atoms with Crippen LogP contribution in [0.3, 0.4) is 0 Å². The van der Waals surface area contributed by atoms with Crippen molar-refractivity contribution in [2.24, 2.45) is 0 Å². The summed E-state index contributed by atoms with van der Waals surface area (Å²) in [5, 5.41) is 0. The lowest BCUT2D eigenvalue weighted by Crippen LogP contribution is -2.14.